The first-order valence-corrected chi connectivity index (χ1v) is 7.32. The third-order valence-corrected chi connectivity index (χ3v) is 5.06. The van der Waals surface area contributed by atoms with Gasteiger partial charge in [-0.2, -0.15) is 0 Å². The molecule has 2 fully saturated rings. The topological polar surface area (TPSA) is 43.1 Å². The van der Waals surface area contributed by atoms with Gasteiger partial charge in [0.2, 0.25) is 0 Å². The molecule has 2 aromatic rings. The number of fused-ring (bicyclic) bond motifs is 2. The van der Waals surface area contributed by atoms with Crippen molar-refractivity contribution < 1.29 is 9.21 Å². The third-order valence-electron chi connectivity index (χ3n) is 5.06. The van der Waals surface area contributed by atoms with Crippen molar-refractivity contribution in [2.45, 2.75) is 25.2 Å². The average molecular weight is 267 g/mol. The number of hydrogen-bond acceptors (Lipinski definition) is 3. The number of furan rings is 1. The summed E-state index contributed by atoms with van der Waals surface area (Å²) in [6, 6.07) is 7.59. The van der Waals surface area contributed by atoms with E-state index in [-0.39, 0.29) is 11.7 Å². The molecule has 0 radical (unpaired) electrons. The first-order valence-electron chi connectivity index (χ1n) is 7.32. The molecule has 0 saturated heterocycles. The molecular formula is C17H17NO2. The van der Waals surface area contributed by atoms with Crippen LogP contribution < -0.4 is 0 Å². The second-order valence-corrected chi connectivity index (χ2v) is 6.02. The first-order chi connectivity index (χ1) is 9.84. The molecule has 4 rings (SSSR count). The van der Waals surface area contributed by atoms with Crippen LogP contribution in [0.5, 0.6) is 0 Å². The third kappa shape index (κ3) is 1.73. The van der Waals surface area contributed by atoms with Crippen molar-refractivity contribution in [1.82, 2.24) is 4.98 Å². The molecule has 4 atom stereocenters. The number of carbonyl (C=O) groups excluding carboxylic acids is 1. The molecule has 0 aliphatic heterocycles. The molecular weight excluding hydrogens is 250 g/mol. The summed E-state index contributed by atoms with van der Waals surface area (Å²) in [6.07, 6.45) is 8.83. The molecule has 0 unspecified atom stereocenters. The Bertz CT molecular complexity index is 605. The minimum atomic E-state index is 0.0845. The lowest BCUT2D eigenvalue weighted by Crippen LogP contribution is -2.28. The lowest BCUT2D eigenvalue weighted by molar-refractivity contribution is 0.0847. The smallest absolute Gasteiger partial charge is 0.185 e. The Labute approximate surface area is 118 Å². The van der Waals surface area contributed by atoms with Crippen LogP contribution in [0, 0.1) is 17.8 Å². The Morgan fingerprint density at radius 2 is 2.10 bits per heavy atom. The highest BCUT2D eigenvalue weighted by Gasteiger charge is 2.51. The normalized spacial score (nSPS) is 31.6. The summed E-state index contributed by atoms with van der Waals surface area (Å²) in [5, 5.41) is 0. The van der Waals surface area contributed by atoms with Crippen LogP contribution in [0.2, 0.25) is 0 Å². The van der Waals surface area contributed by atoms with Crippen LogP contribution in [0.25, 0.3) is 0 Å². The summed E-state index contributed by atoms with van der Waals surface area (Å²) in [5.74, 6) is 1.77. The summed E-state index contributed by atoms with van der Waals surface area (Å²) >= 11 is 0. The molecule has 2 aliphatic carbocycles. The van der Waals surface area contributed by atoms with Crippen LogP contribution in [0.15, 0.2) is 47.4 Å². The van der Waals surface area contributed by atoms with E-state index < -0.39 is 0 Å². The molecule has 2 saturated carbocycles. The molecule has 3 nitrogen and oxygen atoms in total. The average Bonchev–Trinajstić information content (AvgIpc) is 3.22. The molecule has 2 heterocycles. The molecule has 102 valence electrons. The number of pyridine rings is 1. The second-order valence-electron chi connectivity index (χ2n) is 6.02. The van der Waals surface area contributed by atoms with Crippen molar-refractivity contribution in [1.29, 1.82) is 0 Å². The monoisotopic (exact) mass is 267 g/mol. The van der Waals surface area contributed by atoms with Crippen molar-refractivity contribution in [2.24, 2.45) is 17.8 Å². The minimum Gasteiger partial charge on any atom is -0.472 e. The largest absolute Gasteiger partial charge is 0.472 e. The van der Waals surface area contributed by atoms with Crippen LogP contribution in [0.4, 0.5) is 0 Å². The Morgan fingerprint density at radius 3 is 2.85 bits per heavy atom. The zero-order valence-electron chi connectivity index (χ0n) is 11.2. The van der Waals surface area contributed by atoms with Gasteiger partial charge >= 0.3 is 0 Å². The Hall–Kier alpha value is -1.90. The lowest BCUT2D eigenvalue weighted by atomic mass is 9.73. The number of nitrogens with zero attached hydrogens (tertiary/aromatic N) is 1. The minimum absolute atomic E-state index is 0.0845. The van der Waals surface area contributed by atoms with Gasteiger partial charge in [-0.3, -0.25) is 9.78 Å². The standard InChI is InChI=1S/C17H17NO2/c19-17(14-3-1-2-7-18-14)16-12-5-4-11(9-12)15(16)13-6-8-20-10-13/h1-3,6-8,10-12,15-16H,4-5,9H2/t11-,12+,15-,16+/m0/s1. The first kappa shape index (κ1) is 11.9. The van der Waals surface area contributed by atoms with E-state index >= 15 is 0 Å². The predicted octanol–water partition coefficient (Wildman–Crippen LogP) is 3.69. The quantitative estimate of drug-likeness (QED) is 0.797. The molecule has 0 N–H and O–H groups in total. The lowest BCUT2D eigenvalue weighted by Gasteiger charge is -2.29. The van der Waals surface area contributed by atoms with E-state index in [1.807, 2.05) is 30.5 Å². The summed E-state index contributed by atoms with van der Waals surface area (Å²) in [6.45, 7) is 0. The van der Waals surface area contributed by atoms with Gasteiger partial charge < -0.3 is 4.42 Å². The number of aromatic nitrogens is 1. The van der Waals surface area contributed by atoms with Crippen LogP contribution in [-0.2, 0) is 0 Å². The molecule has 2 bridgehead atoms. The van der Waals surface area contributed by atoms with Crippen molar-refractivity contribution in [3.63, 3.8) is 0 Å². The van der Waals surface area contributed by atoms with E-state index in [2.05, 4.69) is 4.98 Å². The van der Waals surface area contributed by atoms with Gasteiger partial charge in [-0.25, -0.2) is 0 Å². The summed E-state index contributed by atoms with van der Waals surface area (Å²) < 4.78 is 5.24. The molecule has 2 aliphatic rings. The molecule has 0 aromatic carbocycles. The highest BCUT2D eigenvalue weighted by molar-refractivity contribution is 5.97. The summed E-state index contributed by atoms with van der Waals surface area (Å²) in [4.78, 5) is 17.1. The summed E-state index contributed by atoms with van der Waals surface area (Å²) in [7, 11) is 0. The maximum Gasteiger partial charge on any atom is 0.185 e. The maximum atomic E-state index is 12.8. The number of Topliss-reactive ketones (excluding diaryl/α,β-unsaturated/α-hetero) is 1. The van der Waals surface area contributed by atoms with Gasteiger partial charge in [0, 0.05) is 18.0 Å². The number of hydrogen-bond donors (Lipinski definition) is 0. The van der Waals surface area contributed by atoms with E-state index in [0.717, 1.165) is 0 Å². The van der Waals surface area contributed by atoms with Crippen LogP contribution in [0.1, 0.15) is 41.2 Å². The Morgan fingerprint density at radius 1 is 1.20 bits per heavy atom. The number of carbonyl (C=O) groups is 1. The highest BCUT2D eigenvalue weighted by Crippen LogP contribution is 2.57. The second kappa shape index (κ2) is 4.58. The number of rotatable bonds is 3. The van der Waals surface area contributed by atoms with Crippen molar-refractivity contribution >= 4 is 5.78 Å². The van der Waals surface area contributed by atoms with Gasteiger partial charge in [-0.1, -0.05) is 6.07 Å². The fourth-order valence-electron chi connectivity index (χ4n) is 4.29. The van der Waals surface area contributed by atoms with E-state index in [0.29, 0.717) is 23.4 Å². The van der Waals surface area contributed by atoms with Crippen molar-refractivity contribution in [2.75, 3.05) is 0 Å². The zero-order valence-corrected chi connectivity index (χ0v) is 11.2. The van der Waals surface area contributed by atoms with E-state index in [1.165, 1.54) is 24.8 Å². The van der Waals surface area contributed by atoms with Crippen molar-refractivity contribution in [3.05, 3.63) is 54.2 Å². The van der Waals surface area contributed by atoms with Gasteiger partial charge in [-0.05, 0) is 54.9 Å². The van der Waals surface area contributed by atoms with Gasteiger partial charge in [0.1, 0.15) is 5.69 Å². The van der Waals surface area contributed by atoms with Crippen LogP contribution in [-0.4, -0.2) is 10.8 Å². The number of ketones is 1. The molecule has 0 amide bonds. The van der Waals surface area contributed by atoms with E-state index in [1.54, 1.807) is 12.5 Å². The fourth-order valence-corrected chi connectivity index (χ4v) is 4.29. The zero-order chi connectivity index (χ0) is 13.5. The van der Waals surface area contributed by atoms with Crippen LogP contribution in [0.3, 0.4) is 0 Å². The molecule has 2 aromatic heterocycles. The van der Waals surface area contributed by atoms with Gasteiger partial charge in [0.15, 0.2) is 5.78 Å². The summed E-state index contributed by atoms with van der Waals surface area (Å²) in [5.41, 5.74) is 1.80. The maximum absolute atomic E-state index is 12.8. The Balaban J connectivity index is 1.70. The van der Waals surface area contributed by atoms with E-state index in [4.69, 9.17) is 4.42 Å². The SMILES string of the molecule is O=C(c1ccccn1)[C@@H]1[C@@H]2CC[C@@H](C2)[C@H]1c1ccoc1. The Kier molecular flexibility index (Phi) is 2.72. The van der Waals surface area contributed by atoms with E-state index in [9.17, 15) is 4.79 Å². The molecule has 20 heavy (non-hydrogen) atoms. The predicted molar refractivity (Wildman–Crippen MR) is 74.3 cm³/mol. The molecule has 3 heteroatoms. The molecule has 0 spiro atoms. The van der Waals surface area contributed by atoms with Gasteiger partial charge in [-0.15, -0.1) is 0 Å². The fraction of sp³-hybridized carbons (Fsp3) is 0.412. The van der Waals surface area contributed by atoms with Crippen LogP contribution >= 0.6 is 0 Å². The van der Waals surface area contributed by atoms with Gasteiger partial charge in [0.25, 0.3) is 0 Å². The van der Waals surface area contributed by atoms with Gasteiger partial charge in [0.05, 0.1) is 12.5 Å². The highest BCUT2D eigenvalue weighted by atomic mass is 16.3. The van der Waals surface area contributed by atoms with Crippen molar-refractivity contribution in [3.8, 4) is 0 Å².